The summed E-state index contributed by atoms with van der Waals surface area (Å²) in [5.74, 6) is -0.936. The average Bonchev–Trinajstić information content (AvgIpc) is 3.09. The number of hydrogen-bond donors (Lipinski definition) is 1. The fourth-order valence-electron chi connectivity index (χ4n) is 5.15. The van der Waals surface area contributed by atoms with Crippen LogP contribution in [0.1, 0.15) is 24.5 Å². The first-order valence-electron chi connectivity index (χ1n) is 15.2. The van der Waals surface area contributed by atoms with Crippen LogP contribution in [0, 0.1) is 5.82 Å². The molecule has 5 rings (SSSR count). The van der Waals surface area contributed by atoms with E-state index in [9.17, 15) is 22.4 Å². The van der Waals surface area contributed by atoms with Crippen LogP contribution in [-0.2, 0) is 32.6 Å². The van der Waals surface area contributed by atoms with Gasteiger partial charge in [-0.2, -0.15) is 0 Å². The molecule has 1 aliphatic rings. The second-order valence-electron chi connectivity index (χ2n) is 10.9. The van der Waals surface area contributed by atoms with Crippen LogP contribution >= 0.6 is 11.6 Å². The Hall–Kier alpha value is -4.61. The number of nitrogens with zero attached hydrogens (tertiary/aromatic N) is 2. The molecule has 246 valence electrons. The smallest absolute Gasteiger partial charge is 0.264 e. The van der Waals surface area contributed by atoms with Gasteiger partial charge in [-0.1, -0.05) is 61.0 Å². The van der Waals surface area contributed by atoms with Crippen molar-refractivity contribution < 1.29 is 31.9 Å². The quantitative estimate of drug-likeness (QED) is 0.197. The van der Waals surface area contributed by atoms with E-state index >= 15 is 0 Å². The molecule has 1 aliphatic heterocycles. The number of sulfonamides is 1. The largest absolute Gasteiger partial charge is 0.486 e. The number of amides is 2. The minimum absolute atomic E-state index is 0.00558. The summed E-state index contributed by atoms with van der Waals surface area (Å²) in [6, 6.07) is 24.2. The van der Waals surface area contributed by atoms with Crippen molar-refractivity contribution in [1.82, 2.24) is 10.2 Å². The predicted molar refractivity (Wildman–Crippen MR) is 178 cm³/mol. The number of halogens is 2. The fourth-order valence-corrected chi connectivity index (χ4v) is 6.71. The highest BCUT2D eigenvalue weighted by molar-refractivity contribution is 7.92. The summed E-state index contributed by atoms with van der Waals surface area (Å²) in [6.07, 6.45) is 0.863. The van der Waals surface area contributed by atoms with E-state index < -0.39 is 34.3 Å². The van der Waals surface area contributed by atoms with Crippen LogP contribution < -0.4 is 19.1 Å². The normalized spacial score (nSPS) is 13.0. The third-order valence-electron chi connectivity index (χ3n) is 7.58. The molecule has 12 heteroatoms. The van der Waals surface area contributed by atoms with E-state index in [0.717, 1.165) is 22.0 Å². The molecule has 1 N–H and O–H groups in total. The molecule has 0 spiro atoms. The van der Waals surface area contributed by atoms with Crippen molar-refractivity contribution in [3.8, 4) is 11.5 Å². The van der Waals surface area contributed by atoms with Gasteiger partial charge in [-0.15, -0.1) is 0 Å². The van der Waals surface area contributed by atoms with Gasteiger partial charge in [0, 0.05) is 30.6 Å². The van der Waals surface area contributed by atoms with Crippen molar-refractivity contribution in [1.29, 1.82) is 0 Å². The van der Waals surface area contributed by atoms with E-state index in [1.807, 2.05) is 37.3 Å². The van der Waals surface area contributed by atoms with Gasteiger partial charge in [0.05, 0.1) is 10.6 Å². The number of fused-ring (bicyclic) bond motifs is 1. The zero-order valence-corrected chi connectivity index (χ0v) is 27.3. The van der Waals surface area contributed by atoms with Gasteiger partial charge < -0.3 is 19.7 Å². The third-order valence-corrected chi connectivity index (χ3v) is 9.60. The first-order valence-corrected chi connectivity index (χ1v) is 17.0. The van der Waals surface area contributed by atoms with Crippen molar-refractivity contribution in [3.63, 3.8) is 0 Å². The second-order valence-corrected chi connectivity index (χ2v) is 13.2. The highest BCUT2D eigenvalue weighted by atomic mass is 35.5. The molecule has 0 aliphatic carbocycles. The van der Waals surface area contributed by atoms with E-state index in [4.69, 9.17) is 21.1 Å². The van der Waals surface area contributed by atoms with E-state index in [2.05, 4.69) is 5.32 Å². The fraction of sp³-hybridized carbons (Fsp3) is 0.257. The topological polar surface area (TPSA) is 105 Å². The first-order chi connectivity index (χ1) is 22.7. The number of carbonyl (C=O) groups excluding carboxylic acids is 2. The van der Waals surface area contributed by atoms with Crippen LogP contribution in [0.2, 0.25) is 5.02 Å². The molecule has 1 atom stereocenters. The predicted octanol–water partition coefficient (Wildman–Crippen LogP) is 5.61. The Morgan fingerprint density at radius 3 is 2.26 bits per heavy atom. The Bertz CT molecular complexity index is 1790. The lowest BCUT2D eigenvalue weighted by Crippen LogP contribution is -2.53. The van der Waals surface area contributed by atoms with Crippen molar-refractivity contribution in [2.24, 2.45) is 0 Å². The van der Waals surface area contributed by atoms with E-state index in [1.54, 1.807) is 24.3 Å². The molecule has 1 heterocycles. The summed E-state index contributed by atoms with van der Waals surface area (Å²) >= 11 is 6.13. The van der Waals surface area contributed by atoms with Crippen LogP contribution in [0.4, 0.5) is 10.1 Å². The summed E-state index contributed by atoms with van der Waals surface area (Å²) in [6.45, 7) is 2.21. The van der Waals surface area contributed by atoms with Gasteiger partial charge in [-0.05, 0) is 66.1 Å². The molecular weight excluding hydrogens is 645 g/mol. The summed E-state index contributed by atoms with van der Waals surface area (Å²) in [5, 5.41) is 3.41. The van der Waals surface area contributed by atoms with Crippen molar-refractivity contribution in [3.05, 3.63) is 119 Å². The minimum Gasteiger partial charge on any atom is -0.486 e. The summed E-state index contributed by atoms with van der Waals surface area (Å²) < 4.78 is 54.6. The molecule has 0 unspecified atom stereocenters. The molecule has 4 aromatic rings. The van der Waals surface area contributed by atoms with Crippen LogP contribution in [0.25, 0.3) is 0 Å². The molecule has 4 aromatic carbocycles. The highest BCUT2D eigenvalue weighted by Gasteiger charge is 2.35. The Labute approximate surface area is 278 Å². The van der Waals surface area contributed by atoms with Gasteiger partial charge in [0.15, 0.2) is 11.5 Å². The number of anilines is 1. The van der Waals surface area contributed by atoms with Gasteiger partial charge in [0.2, 0.25) is 11.8 Å². The first kappa shape index (κ1) is 33.7. The standard InChI is InChI=1S/C35H35ClFN3O6S/c1-2-18-38-35(42)31(21-25-6-4-3-5-7-25)39(23-26-8-10-27(36)11-9-26)34(41)24-40(29-14-12-28(37)13-15-29)47(43,44)30-16-17-32-33(22-30)46-20-19-45-32/h3-17,22,31H,2,18-21,23-24H2,1H3,(H,38,42)/t31-/m1/s1. The monoisotopic (exact) mass is 679 g/mol. The zero-order valence-electron chi connectivity index (χ0n) is 25.8. The molecule has 2 amide bonds. The van der Waals surface area contributed by atoms with Crippen molar-refractivity contribution >= 4 is 39.1 Å². The molecule has 0 aromatic heterocycles. The molecule has 0 fully saturated rings. The van der Waals surface area contributed by atoms with Crippen molar-refractivity contribution in [2.45, 2.75) is 37.2 Å². The van der Waals surface area contributed by atoms with E-state index in [-0.39, 0.29) is 41.8 Å². The summed E-state index contributed by atoms with van der Waals surface area (Å²) in [4.78, 5) is 29.4. The molecule has 0 bridgehead atoms. The molecule has 9 nitrogen and oxygen atoms in total. The number of nitrogens with one attached hydrogen (secondary N) is 1. The van der Waals surface area contributed by atoms with Gasteiger partial charge in [-0.25, -0.2) is 12.8 Å². The Morgan fingerprint density at radius 1 is 0.894 bits per heavy atom. The molecule has 0 saturated carbocycles. The van der Waals surface area contributed by atoms with Gasteiger partial charge in [0.1, 0.15) is 31.6 Å². The van der Waals surface area contributed by atoms with Crippen molar-refractivity contribution in [2.75, 3.05) is 30.6 Å². The summed E-state index contributed by atoms with van der Waals surface area (Å²) in [7, 11) is -4.42. The molecular formula is C35H35ClFN3O6S. The SMILES string of the molecule is CCCNC(=O)[C@@H](Cc1ccccc1)N(Cc1ccc(Cl)cc1)C(=O)CN(c1ccc(F)cc1)S(=O)(=O)c1ccc2c(c1)OCCO2. The number of rotatable bonds is 13. The third kappa shape index (κ3) is 8.41. The van der Waals surface area contributed by atoms with E-state index in [0.29, 0.717) is 35.9 Å². The maximum Gasteiger partial charge on any atom is 0.264 e. The maximum atomic E-state index is 14.5. The van der Waals surface area contributed by atoms with Gasteiger partial charge in [0.25, 0.3) is 10.0 Å². The summed E-state index contributed by atoms with van der Waals surface area (Å²) in [5.41, 5.74) is 1.57. The lowest BCUT2D eigenvalue weighted by molar-refractivity contribution is -0.140. The van der Waals surface area contributed by atoms with Gasteiger partial charge in [-0.3, -0.25) is 13.9 Å². The Morgan fingerprint density at radius 2 is 1.57 bits per heavy atom. The lowest BCUT2D eigenvalue weighted by Gasteiger charge is -2.34. The second kappa shape index (κ2) is 15.3. The molecule has 47 heavy (non-hydrogen) atoms. The zero-order chi connectivity index (χ0) is 33.4. The average molecular weight is 680 g/mol. The Kier molecular flexibility index (Phi) is 11.0. The minimum atomic E-state index is -4.42. The molecule has 0 radical (unpaired) electrons. The number of hydrogen-bond acceptors (Lipinski definition) is 6. The maximum absolute atomic E-state index is 14.5. The van der Waals surface area contributed by atoms with Crippen LogP contribution in [0.5, 0.6) is 11.5 Å². The number of benzene rings is 4. The Balaban J connectivity index is 1.56. The van der Waals surface area contributed by atoms with Crippen LogP contribution in [-0.4, -0.2) is 57.5 Å². The van der Waals surface area contributed by atoms with E-state index in [1.165, 1.54) is 35.2 Å². The van der Waals surface area contributed by atoms with Crippen LogP contribution in [0.15, 0.2) is 102 Å². The van der Waals surface area contributed by atoms with Gasteiger partial charge >= 0.3 is 0 Å². The van der Waals surface area contributed by atoms with Crippen LogP contribution in [0.3, 0.4) is 0 Å². The number of carbonyl (C=O) groups is 2. The highest BCUT2D eigenvalue weighted by Crippen LogP contribution is 2.34. The number of ether oxygens (including phenoxy) is 2. The molecule has 0 saturated heterocycles. The lowest BCUT2D eigenvalue weighted by atomic mass is 10.0.